The monoisotopic (exact) mass is 743 g/mol. The van der Waals surface area contributed by atoms with Crippen molar-refractivity contribution >= 4 is 17.9 Å². The van der Waals surface area contributed by atoms with E-state index in [-0.39, 0.29) is 31.6 Å². The number of hydrogen-bond acceptors (Lipinski definition) is 6. The molecule has 6 nitrogen and oxygen atoms in total. The second kappa shape index (κ2) is 42.1. The molecule has 0 bridgehead atoms. The van der Waals surface area contributed by atoms with E-state index in [1.807, 2.05) is 6.08 Å². The topological polar surface area (TPSA) is 78.9 Å². The van der Waals surface area contributed by atoms with Gasteiger partial charge in [0.15, 0.2) is 6.10 Å². The molecule has 0 heterocycles. The van der Waals surface area contributed by atoms with E-state index in [2.05, 4.69) is 57.2 Å². The number of carbonyl (C=O) groups excluding carboxylic acids is 3. The molecule has 1 atom stereocenters. The minimum absolute atomic E-state index is 0.102. The number of allylic oxidation sites excluding steroid dienone is 7. The zero-order chi connectivity index (χ0) is 38.7. The lowest BCUT2D eigenvalue weighted by Crippen LogP contribution is -2.30. The summed E-state index contributed by atoms with van der Waals surface area (Å²) < 4.78 is 16.6. The van der Waals surface area contributed by atoms with Crippen molar-refractivity contribution in [1.29, 1.82) is 0 Å². The normalized spacial score (nSPS) is 12.4. The Kier molecular flexibility index (Phi) is 40.0. The minimum atomic E-state index is -0.807. The molecule has 0 saturated heterocycles. The molecule has 1 unspecified atom stereocenters. The number of unbranched alkanes of at least 4 members (excludes halogenated alkanes) is 21. The second-order valence-electron chi connectivity index (χ2n) is 14.6. The van der Waals surface area contributed by atoms with Crippen LogP contribution in [0.1, 0.15) is 213 Å². The second-order valence-corrected chi connectivity index (χ2v) is 14.6. The van der Waals surface area contributed by atoms with E-state index in [0.717, 1.165) is 70.6 Å². The van der Waals surface area contributed by atoms with Gasteiger partial charge in [-0.1, -0.05) is 185 Å². The molecule has 0 radical (unpaired) electrons. The van der Waals surface area contributed by atoms with Crippen molar-refractivity contribution in [1.82, 2.24) is 0 Å². The van der Waals surface area contributed by atoms with Gasteiger partial charge in [0.05, 0.1) is 6.42 Å². The molecule has 53 heavy (non-hydrogen) atoms. The van der Waals surface area contributed by atoms with E-state index in [0.29, 0.717) is 12.8 Å². The predicted molar refractivity (Wildman–Crippen MR) is 224 cm³/mol. The summed E-state index contributed by atoms with van der Waals surface area (Å²) in [5.41, 5.74) is 0. The third-order valence-corrected chi connectivity index (χ3v) is 9.35. The van der Waals surface area contributed by atoms with E-state index in [1.165, 1.54) is 103 Å². The summed E-state index contributed by atoms with van der Waals surface area (Å²) in [5, 5.41) is 0. The van der Waals surface area contributed by atoms with Gasteiger partial charge in [0.1, 0.15) is 13.2 Å². The van der Waals surface area contributed by atoms with Crippen LogP contribution in [0.4, 0.5) is 0 Å². The van der Waals surface area contributed by atoms with E-state index < -0.39 is 12.1 Å². The van der Waals surface area contributed by atoms with Crippen LogP contribution in [0, 0.1) is 0 Å². The fourth-order valence-electron chi connectivity index (χ4n) is 6.03. The lowest BCUT2D eigenvalue weighted by Gasteiger charge is -2.18. The average molecular weight is 743 g/mol. The van der Waals surface area contributed by atoms with Gasteiger partial charge in [-0.05, 0) is 57.8 Å². The van der Waals surface area contributed by atoms with Gasteiger partial charge in [-0.3, -0.25) is 14.4 Å². The smallest absolute Gasteiger partial charge is 0.309 e. The van der Waals surface area contributed by atoms with Crippen molar-refractivity contribution in [3.8, 4) is 0 Å². The first kappa shape index (κ1) is 50.4. The maximum atomic E-state index is 12.7. The Hall–Kier alpha value is -2.63. The summed E-state index contributed by atoms with van der Waals surface area (Å²) in [6.07, 6.45) is 48.4. The van der Waals surface area contributed by atoms with Crippen LogP contribution in [-0.4, -0.2) is 37.2 Å². The van der Waals surface area contributed by atoms with Crippen molar-refractivity contribution < 1.29 is 28.6 Å². The van der Waals surface area contributed by atoms with Crippen molar-refractivity contribution in [2.45, 2.75) is 219 Å². The lowest BCUT2D eigenvalue weighted by atomic mass is 10.0. The summed E-state index contributed by atoms with van der Waals surface area (Å²) in [5.74, 6) is -1.04. The lowest BCUT2D eigenvalue weighted by molar-refractivity contribution is -0.166. The van der Waals surface area contributed by atoms with E-state index >= 15 is 0 Å². The Labute approximate surface area is 327 Å². The predicted octanol–water partition coefficient (Wildman–Crippen LogP) is 14.0. The third kappa shape index (κ3) is 40.4. The summed E-state index contributed by atoms with van der Waals surface area (Å²) >= 11 is 0. The molecule has 0 saturated carbocycles. The fraction of sp³-hybridized carbons (Fsp3) is 0.766. The van der Waals surface area contributed by atoms with Crippen molar-refractivity contribution in [2.75, 3.05) is 13.2 Å². The van der Waals surface area contributed by atoms with Gasteiger partial charge in [-0.25, -0.2) is 0 Å². The molecule has 0 aliphatic rings. The molecule has 0 aromatic rings. The van der Waals surface area contributed by atoms with E-state index in [4.69, 9.17) is 14.2 Å². The van der Waals surface area contributed by atoms with Crippen molar-refractivity contribution in [3.05, 3.63) is 48.6 Å². The number of carbonyl (C=O) groups is 3. The van der Waals surface area contributed by atoms with Crippen molar-refractivity contribution in [2.24, 2.45) is 0 Å². The first-order valence-corrected chi connectivity index (χ1v) is 22.1. The molecular weight excluding hydrogens is 661 g/mol. The fourth-order valence-corrected chi connectivity index (χ4v) is 6.03. The highest BCUT2D eigenvalue weighted by atomic mass is 16.6. The summed E-state index contributed by atoms with van der Waals surface area (Å²) in [4.78, 5) is 37.5. The Morgan fingerprint density at radius 1 is 0.415 bits per heavy atom. The molecule has 0 aromatic carbocycles. The van der Waals surface area contributed by atoms with Crippen LogP contribution in [0.15, 0.2) is 48.6 Å². The standard InChI is InChI=1S/C47H82O6/c1-4-7-10-13-16-19-21-23-24-26-28-31-34-37-40-46(49)52-43-44(42-51-45(48)39-36-33-30-27-18-15-12-9-6-3)53-47(50)41-38-35-32-29-25-22-20-17-14-11-8-5-2/h9,12,17-18,20,27,33,36,44H,4-8,10-11,13-16,19,21-26,28-32,34-35,37-43H2,1-3H3/b12-9-,20-17-,27-18-,36-33-. The van der Waals surface area contributed by atoms with E-state index in [9.17, 15) is 14.4 Å². The Morgan fingerprint density at radius 2 is 0.811 bits per heavy atom. The molecule has 0 amide bonds. The molecule has 0 aromatic heterocycles. The highest BCUT2D eigenvalue weighted by Gasteiger charge is 2.19. The SMILES string of the molecule is CC/C=C\C/C=C\C/C=C\CC(=O)OCC(COC(=O)CCCCCCCCCCCCCCCC)OC(=O)CCCCCCC/C=C\CCCCC. The Balaban J connectivity index is 4.41. The van der Waals surface area contributed by atoms with Crippen LogP contribution >= 0.6 is 0 Å². The van der Waals surface area contributed by atoms with Gasteiger partial charge in [0.25, 0.3) is 0 Å². The molecule has 306 valence electrons. The van der Waals surface area contributed by atoms with Gasteiger partial charge in [-0.15, -0.1) is 0 Å². The van der Waals surface area contributed by atoms with Gasteiger partial charge >= 0.3 is 17.9 Å². The summed E-state index contributed by atoms with van der Waals surface area (Å²) in [7, 11) is 0. The highest BCUT2D eigenvalue weighted by molar-refractivity contribution is 5.72. The van der Waals surface area contributed by atoms with Gasteiger partial charge in [-0.2, -0.15) is 0 Å². The molecule has 6 heteroatoms. The minimum Gasteiger partial charge on any atom is -0.462 e. The van der Waals surface area contributed by atoms with E-state index in [1.54, 1.807) is 6.08 Å². The largest absolute Gasteiger partial charge is 0.462 e. The number of hydrogen-bond donors (Lipinski definition) is 0. The summed E-state index contributed by atoms with van der Waals surface area (Å²) in [6, 6.07) is 0. The highest BCUT2D eigenvalue weighted by Crippen LogP contribution is 2.14. The quantitative estimate of drug-likeness (QED) is 0.0270. The number of rotatable bonds is 39. The van der Waals surface area contributed by atoms with Crippen LogP contribution in [0.2, 0.25) is 0 Å². The van der Waals surface area contributed by atoms with Gasteiger partial charge in [0, 0.05) is 12.8 Å². The zero-order valence-electron chi connectivity index (χ0n) is 34.8. The van der Waals surface area contributed by atoms with Crippen LogP contribution in [0.3, 0.4) is 0 Å². The summed E-state index contributed by atoms with van der Waals surface area (Å²) in [6.45, 7) is 6.38. The average Bonchev–Trinajstić information content (AvgIpc) is 3.15. The first-order valence-electron chi connectivity index (χ1n) is 22.1. The number of ether oxygens (including phenoxy) is 3. The molecule has 0 aliphatic carbocycles. The van der Waals surface area contributed by atoms with Crippen LogP contribution < -0.4 is 0 Å². The molecule has 0 fully saturated rings. The maximum absolute atomic E-state index is 12.7. The molecule has 0 N–H and O–H groups in total. The molecule has 0 rings (SSSR count). The maximum Gasteiger partial charge on any atom is 0.309 e. The van der Waals surface area contributed by atoms with Crippen LogP contribution in [0.25, 0.3) is 0 Å². The molecular formula is C47H82O6. The van der Waals surface area contributed by atoms with Gasteiger partial charge < -0.3 is 14.2 Å². The van der Waals surface area contributed by atoms with Crippen LogP contribution in [0.5, 0.6) is 0 Å². The van der Waals surface area contributed by atoms with Crippen LogP contribution in [-0.2, 0) is 28.6 Å². The Morgan fingerprint density at radius 3 is 1.34 bits per heavy atom. The zero-order valence-corrected chi connectivity index (χ0v) is 34.8. The van der Waals surface area contributed by atoms with Crippen molar-refractivity contribution in [3.63, 3.8) is 0 Å². The van der Waals surface area contributed by atoms with Gasteiger partial charge in [0.2, 0.25) is 0 Å². The molecule has 0 aliphatic heterocycles. The third-order valence-electron chi connectivity index (χ3n) is 9.35. The first-order chi connectivity index (χ1) is 26.0. The Bertz CT molecular complexity index is 949. The number of esters is 3. The molecule has 0 spiro atoms.